The van der Waals surface area contributed by atoms with Crippen molar-refractivity contribution in [2.45, 2.75) is 21.6 Å². The third-order valence-electron chi connectivity index (χ3n) is 4.90. The van der Waals surface area contributed by atoms with Crippen molar-refractivity contribution < 1.29 is 48.5 Å². The van der Waals surface area contributed by atoms with Crippen LogP contribution in [-0.2, 0) is 39.9 Å². The number of anilines is 2. The smallest absolute Gasteiger partial charge is 0.296 e. The first-order chi connectivity index (χ1) is 18.3. The Morgan fingerprint density at radius 3 is 1.93 bits per heavy atom. The first kappa shape index (κ1) is 30.9. The third-order valence-corrected chi connectivity index (χ3v) is 7.87. The zero-order valence-corrected chi connectivity index (χ0v) is 23.9. The van der Waals surface area contributed by atoms with Gasteiger partial charge in [-0.2, -0.15) is 25.3 Å². The van der Waals surface area contributed by atoms with E-state index >= 15 is 0 Å². The van der Waals surface area contributed by atoms with Gasteiger partial charge in [0.25, 0.3) is 36.3 Å². The molecule has 0 atom stereocenters. The minimum Gasteiger partial charge on any atom is -0.324 e. The number of nitrogens with zero attached hydrogens (tertiary/aromatic N) is 2. The fourth-order valence-corrected chi connectivity index (χ4v) is 5.35. The van der Waals surface area contributed by atoms with Crippen LogP contribution in [0, 0.1) is 0 Å². The summed E-state index contributed by atoms with van der Waals surface area (Å²) in [7, 11) is -15.2. The Labute approximate surface area is 235 Å². The number of halogens is 1. The number of azo groups is 1. The van der Waals surface area contributed by atoms with Gasteiger partial charge in [0.2, 0.25) is 5.91 Å². The Bertz CT molecular complexity index is 1960. The summed E-state index contributed by atoms with van der Waals surface area (Å²) in [5, 5.41) is 11.7. The highest BCUT2D eigenvalue weighted by atomic mass is 79.9. The molecule has 15 nitrogen and oxygen atoms in total. The number of hydrogen-bond donors (Lipinski definition) is 5. The molecule has 212 valence electrons. The Morgan fingerprint density at radius 2 is 1.40 bits per heavy atom. The van der Waals surface area contributed by atoms with Gasteiger partial charge < -0.3 is 10.6 Å². The second-order valence-corrected chi connectivity index (χ2v) is 13.0. The number of fused-ring (bicyclic) bond motifs is 1. The number of rotatable bonds is 8. The minimum absolute atomic E-state index is 0.000140. The fourth-order valence-electron chi connectivity index (χ4n) is 3.26. The number of carbonyl (C=O) groups excluding carboxylic acids is 2. The van der Waals surface area contributed by atoms with Crippen LogP contribution in [0.4, 0.5) is 22.7 Å². The summed E-state index contributed by atoms with van der Waals surface area (Å²) < 4.78 is 100. The van der Waals surface area contributed by atoms with Crippen LogP contribution >= 0.6 is 15.9 Å². The zero-order chi connectivity index (χ0) is 30.2. The van der Waals surface area contributed by atoms with Crippen LogP contribution < -0.4 is 10.6 Å². The van der Waals surface area contributed by atoms with E-state index in [-0.39, 0.29) is 21.5 Å². The molecule has 0 spiro atoms. The molecule has 0 unspecified atom stereocenters. The normalized spacial score (nSPS) is 12.4. The molecule has 19 heteroatoms. The molecule has 3 aromatic carbocycles. The van der Waals surface area contributed by atoms with Gasteiger partial charge in [-0.05, 0) is 63.8 Å². The number of carbonyl (C=O) groups is 2. The van der Waals surface area contributed by atoms with Crippen molar-refractivity contribution >= 4 is 91.6 Å². The Kier molecular flexibility index (Phi) is 8.60. The van der Waals surface area contributed by atoms with Crippen molar-refractivity contribution in [3.8, 4) is 0 Å². The number of benzene rings is 3. The molecule has 0 aliphatic carbocycles. The summed E-state index contributed by atoms with van der Waals surface area (Å²) in [6, 6.07) is 6.50. The zero-order valence-electron chi connectivity index (χ0n) is 19.9. The Hall–Kier alpha value is -3.59. The lowest BCUT2D eigenvalue weighted by atomic mass is 10.1. The molecule has 40 heavy (non-hydrogen) atoms. The summed E-state index contributed by atoms with van der Waals surface area (Å²) in [6.45, 7) is 4.60. The summed E-state index contributed by atoms with van der Waals surface area (Å²) in [5.41, 5.74) is -0.532. The minimum atomic E-state index is -5.14. The van der Waals surface area contributed by atoms with Crippen molar-refractivity contribution in [2.24, 2.45) is 10.2 Å². The van der Waals surface area contributed by atoms with Crippen LogP contribution in [0.25, 0.3) is 10.8 Å². The molecule has 0 fully saturated rings. The largest absolute Gasteiger partial charge is 0.324 e. The first-order valence-corrected chi connectivity index (χ1v) is 15.4. The van der Waals surface area contributed by atoms with Gasteiger partial charge in [0, 0.05) is 18.0 Å². The molecule has 0 radical (unpaired) electrons. The van der Waals surface area contributed by atoms with Gasteiger partial charge in [-0.1, -0.05) is 6.58 Å². The predicted octanol–water partition coefficient (Wildman–Crippen LogP) is 3.80. The fraction of sp³-hybridized carbons (Fsp3) is 0.0476. The van der Waals surface area contributed by atoms with Gasteiger partial charge in [0.05, 0.1) is 15.1 Å². The molecular formula is C21H17BrN4O11S3. The van der Waals surface area contributed by atoms with E-state index in [0.29, 0.717) is 18.2 Å². The van der Waals surface area contributed by atoms with Crippen LogP contribution in [0.2, 0.25) is 0 Å². The van der Waals surface area contributed by atoms with Gasteiger partial charge in [0.1, 0.15) is 21.2 Å². The molecule has 0 bridgehead atoms. The Balaban J connectivity index is 2.27. The summed E-state index contributed by atoms with van der Waals surface area (Å²) in [4.78, 5) is 20.6. The van der Waals surface area contributed by atoms with Crippen molar-refractivity contribution in [2.75, 3.05) is 10.6 Å². The summed E-state index contributed by atoms with van der Waals surface area (Å²) in [5.74, 6) is -1.15. The van der Waals surface area contributed by atoms with Crippen LogP contribution in [-0.4, -0.2) is 50.7 Å². The number of amides is 2. The molecule has 0 aromatic heterocycles. The van der Waals surface area contributed by atoms with Gasteiger partial charge in [-0.15, -0.1) is 10.2 Å². The van der Waals surface area contributed by atoms with Crippen molar-refractivity contribution in [3.05, 3.63) is 53.5 Å². The van der Waals surface area contributed by atoms with Crippen molar-refractivity contribution in [1.82, 2.24) is 0 Å². The van der Waals surface area contributed by atoms with E-state index in [4.69, 9.17) is 0 Å². The maximum Gasteiger partial charge on any atom is 0.296 e. The van der Waals surface area contributed by atoms with E-state index in [0.717, 1.165) is 6.07 Å². The molecule has 5 N–H and O–H groups in total. The molecule has 0 heterocycles. The van der Waals surface area contributed by atoms with Gasteiger partial charge >= 0.3 is 0 Å². The lowest BCUT2D eigenvalue weighted by molar-refractivity contribution is -0.114. The van der Waals surface area contributed by atoms with E-state index in [9.17, 15) is 48.5 Å². The number of nitrogens with one attached hydrogen (secondary N) is 2. The molecule has 3 aromatic rings. The first-order valence-electron chi connectivity index (χ1n) is 10.3. The SMILES string of the molecule is C=C(Br)C(=O)Nc1ccc(N=Nc2cc3c(S(=O)(=O)O)cc(S(=O)(=O)O)cc3cc2S(=O)(=O)O)c(NC(C)=O)c1. The van der Waals surface area contributed by atoms with E-state index in [2.05, 4.69) is 43.4 Å². The lowest BCUT2D eigenvalue weighted by Gasteiger charge is -2.11. The topological polar surface area (TPSA) is 246 Å². The van der Waals surface area contributed by atoms with Crippen LogP contribution in [0.3, 0.4) is 0 Å². The van der Waals surface area contributed by atoms with Gasteiger partial charge in [-0.3, -0.25) is 23.2 Å². The van der Waals surface area contributed by atoms with Gasteiger partial charge in [0.15, 0.2) is 0 Å². The average Bonchev–Trinajstić information content (AvgIpc) is 2.80. The summed E-state index contributed by atoms with van der Waals surface area (Å²) >= 11 is 2.92. The predicted molar refractivity (Wildman–Crippen MR) is 145 cm³/mol. The standard InChI is InChI=1S/C21H17BrN4O11S3/c1-10(22)21(28)24-13-3-4-16(17(7-13)23-11(2)27)25-26-18-9-15-12(6-20(18)40(35,36)37)5-14(38(29,30)31)8-19(15)39(32,33)34/h3-9H,1H2,2H3,(H,23,27)(H,24,28)(H,29,30,31)(H,32,33,34)(H,35,36,37). The third kappa shape index (κ3) is 7.33. The van der Waals surface area contributed by atoms with E-state index in [1.807, 2.05) is 0 Å². The highest BCUT2D eigenvalue weighted by Gasteiger charge is 2.24. The molecule has 0 saturated heterocycles. The molecule has 0 aliphatic rings. The van der Waals surface area contributed by atoms with Crippen LogP contribution in [0.1, 0.15) is 6.92 Å². The number of hydrogen-bond acceptors (Lipinski definition) is 10. The highest BCUT2D eigenvalue weighted by molar-refractivity contribution is 9.12. The molecule has 3 rings (SSSR count). The molecule has 0 aliphatic heterocycles. The summed E-state index contributed by atoms with van der Waals surface area (Å²) in [6.07, 6.45) is 0. The monoisotopic (exact) mass is 676 g/mol. The molecule has 0 saturated carbocycles. The Morgan fingerprint density at radius 1 is 0.800 bits per heavy atom. The lowest BCUT2D eigenvalue weighted by Crippen LogP contribution is -2.11. The second-order valence-electron chi connectivity index (χ2n) is 7.86. The van der Waals surface area contributed by atoms with E-state index in [1.165, 1.54) is 25.1 Å². The average molecular weight is 677 g/mol. The molecular weight excluding hydrogens is 660 g/mol. The van der Waals surface area contributed by atoms with Crippen LogP contribution in [0.5, 0.6) is 0 Å². The maximum atomic E-state index is 12.1. The van der Waals surface area contributed by atoms with Crippen molar-refractivity contribution in [3.63, 3.8) is 0 Å². The van der Waals surface area contributed by atoms with Crippen LogP contribution in [0.15, 0.2) is 78.4 Å². The second kappa shape index (κ2) is 11.1. The highest BCUT2D eigenvalue weighted by Crippen LogP contribution is 2.37. The van der Waals surface area contributed by atoms with E-state index in [1.54, 1.807) is 0 Å². The van der Waals surface area contributed by atoms with Gasteiger partial charge in [-0.25, -0.2) is 0 Å². The maximum absolute atomic E-state index is 12.1. The van der Waals surface area contributed by atoms with Crippen molar-refractivity contribution in [1.29, 1.82) is 0 Å². The molecule has 2 amide bonds. The quantitative estimate of drug-likeness (QED) is 0.130. The van der Waals surface area contributed by atoms with E-state index < -0.39 is 73.3 Å².